The number of amides is 3. The Kier molecular flexibility index (Phi) is 8.15. The summed E-state index contributed by atoms with van der Waals surface area (Å²) in [5.74, 6) is -1.60. The standard InChI is InChI=1S/C35H30N6O6/c1-35(2,22-13-6-4-7-14-22)38-33(44)28-21-27-29(47-28)30(39-41(27)34(45)46-23-15-8-5-9-16-23)37-31(42)24-17-10-11-18-25(24)36-32(43)26-19-12-20-40(26)3/h4-21H,1-3H3,(H,36,43)(H,38,44)(H,37,39,42). The Labute approximate surface area is 268 Å². The van der Waals surface area contributed by atoms with E-state index in [-0.39, 0.29) is 39.7 Å². The third-order valence-corrected chi connectivity index (χ3v) is 7.45. The quantitative estimate of drug-likeness (QED) is 0.182. The van der Waals surface area contributed by atoms with E-state index in [2.05, 4.69) is 21.0 Å². The van der Waals surface area contributed by atoms with Gasteiger partial charge in [-0.15, -0.1) is 5.10 Å². The molecule has 236 valence electrons. The lowest BCUT2D eigenvalue weighted by Gasteiger charge is -2.26. The summed E-state index contributed by atoms with van der Waals surface area (Å²) in [6, 6.07) is 29.0. The van der Waals surface area contributed by atoms with E-state index < -0.39 is 29.4 Å². The number of hydrogen-bond donors (Lipinski definition) is 3. The second-order valence-corrected chi connectivity index (χ2v) is 11.2. The van der Waals surface area contributed by atoms with Crippen LogP contribution in [0.15, 0.2) is 114 Å². The Morgan fingerprint density at radius 1 is 0.787 bits per heavy atom. The molecule has 3 amide bonds. The van der Waals surface area contributed by atoms with Gasteiger partial charge in [0.05, 0.1) is 16.8 Å². The van der Waals surface area contributed by atoms with Crippen LogP contribution in [-0.4, -0.2) is 38.2 Å². The van der Waals surface area contributed by atoms with Gasteiger partial charge in [-0.25, -0.2) is 4.79 Å². The number of ether oxygens (including phenoxy) is 1. The predicted octanol–water partition coefficient (Wildman–Crippen LogP) is 6.18. The van der Waals surface area contributed by atoms with Crippen molar-refractivity contribution in [3.8, 4) is 5.75 Å². The fourth-order valence-corrected chi connectivity index (χ4v) is 4.99. The minimum Gasteiger partial charge on any atom is -0.445 e. The van der Waals surface area contributed by atoms with Crippen molar-refractivity contribution in [1.29, 1.82) is 0 Å². The van der Waals surface area contributed by atoms with Crippen LogP contribution in [0.2, 0.25) is 0 Å². The number of benzene rings is 3. The van der Waals surface area contributed by atoms with Crippen LogP contribution >= 0.6 is 0 Å². The molecule has 0 aliphatic heterocycles. The van der Waals surface area contributed by atoms with Gasteiger partial charge in [0.15, 0.2) is 17.2 Å². The van der Waals surface area contributed by atoms with Gasteiger partial charge in [0.25, 0.3) is 17.7 Å². The fourth-order valence-electron chi connectivity index (χ4n) is 4.99. The first kappa shape index (κ1) is 30.6. The maximum atomic E-state index is 13.6. The normalized spacial score (nSPS) is 11.2. The molecule has 0 fully saturated rings. The minimum absolute atomic E-state index is 0.0312. The number of aryl methyl sites for hydroxylation is 1. The molecule has 6 rings (SSSR count). The van der Waals surface area contributed by atoms with Crippen molar-refractivity contribution in [2.45, 2.75) is 19.4 Å². The van der Waals surface area contributed by atoms with Gasteiger partial charge in [0.1, 0.15) is 17.0 Å². The fraction of sp³-hybridized carbons (Fsp3) is 0.114. The van der Waals surface area contributed by atoms with Crippen molar-refractivity contribution in [1.82, 2.24) is 19.7 Å². The maximum Gasteiger partial charge on any atom is 0.440 e. The van der Waals surface area contributed by atoms with Gasteiger partial charge in [-0.1, -0.05) is 60.7 Å². The first-order chi connectivity index (χ1) is 22.6. The largest absolute Gasteiger partial charge is 0.445 e. The molecule has 0 saturated carbocycles. The van der Waals surface area contributed by atoms with Gasteiger partial charge in [-0.2, -0.15) is 4.68 Å². The van der Waals surface area contributed by atoms with Gasteiger partial charge in [0.2, 0.25) is 0 Å². The SMILES string of the molecule is Cn1cccc1C(=O)Nc1ccccc1C(=O)Nc1nn(C(=O)Oc2ccccc2)c2cc(C(=O)NC(C)(C)c3ccccc3)oc12. The molecule has 0 aliphatic rings. The highest BCUT2D eigenvalue weighted by atomic mass is 16.6. The van der Waals surface area contributed by atoms with Crippen LogP contribution in [0.25, 0.3) is 11.1 Å². The van der Waals surface area contributed by atoms with Crippen LogP contribution in [0.3, 0.4) is 0 Å². The predicted molar refractivity (Wildman–Crippen MR) is 175 cm³/mol. The summed E-state index contributed by atoms with van der Waals surface area (Å²) < 4.78 is 14.0. The summed E-state index contributed by atoms with van der Waals surface area (Å²) >= 11 is 0. The Morgan fingerprint density at radius 3 is 2.17 bits per heavy atom. The average molecular weight is 631 g/mol. The molecular weight excluding hydrogens is 600 g/mol. The van der Waals surface area contributed by atoms with E-state index in [0.717, 1.165) is 10.2 Å². The summed E-state index contributed by atoms with van der Waals surface area (Å²) in [7, 11) is 1.73. The van der Waals surface area contributed by atoms with Crippen LogP contribution in [0, 0.1) is 0 Å². The number of para-hydroxylation sites is 2. The first-order valence-corrected chi connectivity index (χ1v) is 14.6. The number of carbonyl (C=O) groups is 4. The average Bonchev–Trinajstić information content (AvgIpc) is 3.78. The zero-order valence-electron chi connectivity index (χ0n) is 25.7. The van der Waals surface area contributed by atoms with Crippen molar-refractivity contribution < 1.29 is 28.3 Å². The van der Waals surface area contributed by atoms with Crippen molar-refractivity contribution in [3.05, 3.63) is 132 Å². The highest BCUT2D eigenvalue weighted by molar-refractivity contribution is 6.14. The zero-order chi connectivity index (χ0) is 33.1. The van der Waals surface area contributed by atoms with Crippen LogP contribution in [0.4, 0.5) is 16.3 Å². The van der Waals surface area contributed by atoms with Crippen LogP contribution in [0.1, 0.15) is 50.8 Å². The number of anilines is 2. The molecule has 3 aromatic heterocycles. The van der Waals surface area contributed by atoms with Crippen LogP contribution < -0.4 is 20.7 Å². The monoisotopic (exact) mass is 630 g/mol. The first-order valence-electron chi connectivity index (χ1n) is 14.6. The Balaban J connectivity index is 1.32. The van der Waals surface area contributed by atoms with Crippen molar-refractivity contribution in [2.75, 3.05) is 10.6 Å². The van der Waals surface area contributed by atoms with Gasteiger partial charge in [-0.05, 0) is 55.8 Å². The number of hydrogen-bond acceptors (Lipinski definition) is 7. The molecule has 0 saturated heterocycles. The number of nitrogens with one attached hydrogen (secondary N) is 3. The molecule has 12 heteroatoms. The molecular formula is C35H30N6O6. The molecule has 0 radical (unpaired) electrons. The molecule has 0 atom stereocenters. The second kappa shape index (κ2) is 12.5. The Bertz CT molecular complexity index is 2110. The van der Waals surface area contributed by atoms with Gasteiger partial charge in [0, 0.05) is 19.3 Å². The molecule has 3 heterocycles. The number of fused-ring (bicyclic) bond motifs is 1. The molecule has 47 heavy (non-hydrogen) atoms. The summed E-state index contributed by atoms with van der Waals surface area (Å²) in [5, 5.41) is 12.6. The lowest BCUT2D eigenvalue weighted by molar-refractivity contribution is 0.0885. The number of furan rings is 1. The number of rotatable bonds is 8. The summed E-state index contributed by atoms with van der Waals surface area (Å²) in [5.41, 5.74) is 0.935. The molecule has 0 unspecified atom stereocenters. The Morgan fingerprint density at radius 2 is 1.47 bits per heavy atom. The van der Waals surface area contributed by atoms with Crippen molar-refractivity contribution in [3.63, 3.8) is 0 Å². The lowest BCUT2D eigenvalue weighted by Crippen LogP contribution is -2.40. The number of aromatic nitrogens is 3. The molecule has 3 aromatic carbocycles. The van der Waals surface area contributed by atoms with E-state index in [0.29, 0.717) is 5.69 Å². The smallest absolute Gasteiger partial charge is 0.440 e. The molecule has 6 aromatic rings. The number of carbonyl (C=O) groups excluding carboxylic acids is 4. The zero-order valence-corrected chi connectivity index (χ0v) is 25.7. The molecule has 3 N–H and O–H groups in total. The Hall–Kier alpha value is -6.43. The van der Waals surface area contributed by atoms with Gasteiger partial charge in [-0.3, -0.25) is 14.4 Å². The summed E-state index contributed by atoms with van der Waals surface area (Å²) in [4.78, 5) is 53.2. The van der Waals surface area contributed by atoms with E-state index in [1.807, 2.05) is 44.2 Å². The summed E-state index contributed by atoms with van der Waals surface area (Å²) in [6.07, 6.45) is 0.840. The highest BCUT2D eigenvalue weighted by Crippen LogP contribution is 2.30. The lowest BCUT2D eigenvalue weighted by atomic mass is 9.94. The van der Waals surface area contributed by atoms with E-state index >= 15 is 0 Å². The molecule has 0 bridgehead atoms. The van der Waals surface area contributed by atoms with Crippen molar-refractivity contribution in [2.24, 2.45) is 7.05 Å². The minimum atomic E-state index is -0.894. The number of nitrogens with zero attached hydrogens (tertiary/aromatic N) is 3. The van der Waals surface area contributed by atoms with Gasteiger partial charge >= 0.3 is 6.09 Å². The summed E-state index contributed by atoms with van der Waals surface area (Å²) in [6.45, 7) is 3.70. The van der Waals surface area contributed by atoms with E-state index in [4.69, 9.17) is 9.15 Å². The molecule has 12 nitrogen and oxygen atoms in total. The van der Waals surface area contributed by atoms with Crippen LogP contribution in [-0.2, 0) is 12.6 Å². The highest BCUT2D eigenvalue weighted by Gasteiger charge is 2.29. The van der Waals surface area contributed by atoms with Gasteiger partial charge < -0.3 is 29.7 Å². The van der Waals surface area contributed by atoms with Crippen molar-refractivity contribution >= 4 is 46.4 Å². The van der Waals surface area contributed by atoms with E-state index in [1.165, 1.54) is 12.1 Å². The second-order valence-electron chi connectivity index (χ2n) is 11.2. The van der Waals surface area contributed by atoms with E-state index in [9.17, 15) is 19.2 Å². The molecule has 0 spiro atoms. The molecule has 0 aliphatic carbocycles. The maximum absolute atomic E-state index is 13.6. The third-order valence-electron chi connectivity index (χ3n) is 7.45. The van der Waals surface area contributed by atoms with Crippen LogP contribution in [0.5, 0.6) is 5.75 Å². The third kappa shape index (κ3) is 6.38. The topological polar surface area (TPSA) is 149 Å². The van der Waals surface area contributed by atoms with E-state index in [1.54, 1.807) is 78.5 Å².